The van der Waals surface area contributed by atoms with Gasteiger partial charge in [-0.1, -0.05) is 76.2 Å². The van der Waals surface area contributed by atoms with Gasteiger partial charge in [-0.25, -0.2) is 4.39 Å². The monoisotopic (exact) mass is 515 g/mol. The van der Waals surface area contributed by atoms with Gasteiger partial charge in [0.2, 0.25) is 0 Å². The highest BCUT2D eigenvalue weighted by Crippen LogP contribution is 2.40. The molecule has 0 saturated carbocycles. The maximum absolute atomic E-state index is 13.4. The van der Waals surface area contributed by atoms with Gasteiger partial charge in [0.25, 0.3) is 11.7 Å². The molecule has 1 heterocycles. The van der Waals surface area contributed by atoms with Gasteiger partial charge in [0, 0.05) is 12.1 Å². The van der Waals surface area contributed by atoms with Crippen molar-refractivity contribution in [2.24, 2.45) is 0 Å². The second-order valence-electron chi connectivity index (χ2n) is 10.6. The van der Waals surface area contributed by atoms with Crippen LogP contribution in [-0.2, 0) is 21.4 Å². The van der Waals surface area contributed by atoms with Crippen molar-refractivity contribution in [3.8, 4) is 5.75 Å². The summed E-state index contributed by atoms with van der Waals surface area (Å²) in [6.07, 6.45) is 1.27. The SMILES string of the molecule is CCCOc1cccc(/C(O)=C2/C(=O)C(=O)N(CCc3ccc(F)cc3)C2c2ccc(C(C)(C)C)cc2)c1. The molecule has 1 aliphatic rings. The van der Waals surface area contributed by atoms with Crippen LogP contribution in [0, 0.1) is 5.82 Å². The van der Waals surface area contributed by atoms with Gasteiger partial charge in [-0.05, 0) is 59.2 Å². The number of amides is 1. The number of hydrogen-bond donors (Lipinski definition) is 1. The third-order valence-corrected chi connectivity index (χ3v) is 6.77. The second-order valence-corrected chi connectivity index (χ2v) is 10.6. The summed E-state index contributed by atoms with van der Waals surface area (Å²) < 4.78 is 19.1. The standard InChI is InChI=1S/C32H34FNO4/c1-5-19-38-26-8-6-7-23(20-26)29(35)27-28(22-11-13-24(14-12-22)32(2,3)4)34(31(37)30(27)36)18-17-21-9-15-25(33)16-10-21/h6-16,20,28,35H,5,17-19H2,1-4H3/b29-27-. The fraction of sp³-hybridized carbons (Fsp3) is 0.312. The first kappa shape index (κ1) is 27.1. The van der Waals surface area contributed by atoms with E-state index in [9.17, 15) is 19.1 Å². The zero-order valence-corrected chi connectivity index (χ0v) is 22.3. The first-order chi connectivity index (χ1) is 18.1. The van der Waals surface area contributed by atoms with E-state index in [1.54, 1.807) is 36.4 Å². The summed E-state index contributed by atoms with van der Waals surface area (Å²) in [5, 5.41) is 11.4. The molecule has 1 amide bonds. The number of Topliss-reactive ketones (excluding diaryl/α,β-unsaturated/α-hetero) is 1. The normalized spacial score (nSPS) is 17.2. The predicted molar refractivity (Wildman–Crippen MR) is 146 cm³/mol. The molecule has 0 aromatic heterocycles. The second kappa shape index (κ2) is 11.2. The van der Waals surface area contributed by atoms with Gasteiger partial charge >= 0.3 is 0 Å². The average molecular weight is 516 g/mol. The van der Waals surface area contributed by atoms with E-state index in [1.165, 1.54) is 17.0 Å². The third-order valence-electron chi connectivity index (χ3n) is 6.77. The Hall–Kier alpha value is -3.93. The van der Waals surface area contributed by atoms with E-state index in [-0.39, 0.29) is 29.1 Å². The van der Waals surface area contributed by atoms with E-state index >= 15 is 0 Å². The van der Waals surface area contributed by atoms with Gasteiger partial charge in [-0.3, -0.25) is 9.59 Å². The lowest BCUT2D eigenvalue weighted by Crippen LogP contribution is -2.31. The van der Waals surface area contributed by atoms with Crippen molar-refractivity contribution in [2.45, 2.75) is 52.0 Å². The van der Waals surface area contributed by atoms with E-state index in [2.05, 4.69) is 20.8 Å². The zero-order chi connectivity index (χ0) is 27.4. The van der Waals surface area contributed by atoms with Crippen molar-refractivity contribution in [2.75, 3.05) is 13.2 Å². The topological polar surface area (TPSA) is 66.8 Å². The summed E-state index contributed by atoms with van der Waals surface area (Å²) in [5.74, 6) is -1.39. The first-order valence-electron chi connectivity index (χ1n) is 13.0. The van der Waals surface area contributed by atoms with Crippen LogP contribution in [-0.4, -0.2) is 34.8 Å². The molecular weight excluding hydrogens is 481 g/mol. The lowest BCUT2D eigenvalue weighted by molar-refractivity contribution is -0.139. The number of carbonyl (C=O) groups is 2. The molecule has 1 unspecified atom stereocenters. The fourth-order valence-electron chi connectivity index (χ4n) is 4.63. The summed E-state index contributed by atoms with van der Waals surface area (Å²) in [7, 11) is 0. The number of ketones is 1. The van der Waals surface area contributed by atoms with Crippen LogP contribution in [0.1, 0.15) is 62.4 Å². The molecule has 1 saturated heterocycles. The quantitative estimate of drug-likeness (QED) is 0.209. The molecule has 1 atom stereocenters. The molecular formula is C32H34FNO4. The van der Waals surface area contributed by atoms with Gasteiger partial charge in [0.05, 0.1) is 18.2 Å². The van der Waals surface area contributed by atoms with Crippen molar-refractivity contribution in [1.29, 1.82) is 0 Å². The minimum Gasteiger partial charge on any atom is -0.507 e. The van der Waals surface area contributed by atoms with Crippen LogP contribution in [0.5, 0.6) is 5.75 Å². The van der Waals surface area contributed by atoms with E-state index in [0.717, 1.165) is 23.1 Å². The van der Waals surface area contributed by atoms with Crippen LogP contribution in [0.3, 0.4) is 0 Å². The first-order valence-corrected chi connectivity index (χ1v) is 13.0. The highest BCUT2D eigenvalue weighted by molar-refractivity contribution is 6.46. The molecule has 5 nitrogen and oxygen atoms in total. The number of rotatable bonds is 8. The number of hydrogen-bond acceptors (Lipinski definition) is 4. The summed E-state index contributed by atoms with van der Waals surface area (Å²) in [6, 6.07) is 20.0. The van der Waals surface area contributed by atoms with Crippen molar-refractivity contribution < 1.29 is 23.8 Å². The van der Waals surface area contributed by atoms with E-state index in [1.807, 2.05) is 31.2 Å². The predicted octanol–water partition coefficient (Wildman–Crippen LogP) is 6.58. The van der Waals surface area contributed by atoms with Crippen LogP contribution < -0.4 is 4.74 Å². The smallest absolute Gasteiger partial charge is 0.295 e. The molecule has 38 heavy (non-hydrogen) atoms. The number of nitrogens with zero attached hydrogens (tertiary/aromatic N) is 1. The summed E-state index contributed by atoms with van der Waals surface area (Å²) >= 11 is 0. The number of ether oxygens (including phenoxy) is 1. The van der Waals surface area contributed by atoms with Gasteiger partial charge in [-0.15, -0.1) is 0 Å². The lowest BCUT2D eigenvalue weighted by Gasteiger charge is -2.26. The molecule has 1 aliphatic heterocycles. The van der Waals surface area contributed by atoms with Crippen LogP contribution in [0.2, 0.25) is 0 Å². The molecule has 0 bridgehead atoms. The average Bonchev–Trinajstić information content (AvgIpc) is 3.16. The third kappa shape index (κ3) is 5.80. The zero-order valence-electron chi connectivity index (χ0n) is 22.3. The Morgan fingerprint density at radius 2 is 1.68 bits per heavy atom. The Bertz CT molecular complexity index is 1340. The number of aliphatic hydroxyl groups is 1. The Morgan fingerprint density at radius 1 is 1.00 bits per heavy atom. The highest BCUT2D eigenvalue weighted by Gasteiger charge is 2.45. The molecule has 0 radical (unpaired) electrons. The van der Waals surface area contributed by atoms with Crippen LogP contribution >= 0.6 is 0 Å². The van der Waals surface area contributed by atoms with E-state index in [4.69, 9.17) is 4.74 Å². The molecule has 3 aromatic carbocycles. The number of carbonyl (C=O) groups excluding carboxylic acids is 2. The van der Waals surface area contributed by atoms with Crippen molar-refractivity contribution in [3.63, 3.8) is 0 Å². The van der Waals surface area contributed by atoms with Crippen LogP contribution in [0.25, 0.3) is 5.76 Å². The number of aliphatic hydroxyl groups excluding tert-OH is 1. The van der Waals surface area contributed by atoms with Gasteiger partial charge in [0.1, 0.15) is 17.3 Å². The van der Waals surface area contributed by atoms with Gasteiger partial charge in [-0.2, -0.15) is 0 Å². The molecule has 198 valence electrons. The maximum Gasteiger partial charge on any atom is 0.295 e. The van der Waals surface area contributed by atoms with E-state index < -0.39 is 17.7 Å². The van der Waals surface area contributed by atoms with Crippen molar-refractivity contribution >= 4 is 17.4 Å². The number of benzene rings is 3. The number of halogens is 1. The van der Waals surface area contributed by atoms with Crippen molar-refractivity contribution in [3.05, 3.63) is 106 Å². The molecule has 3 aromatic rings. The van der Waals surface area contributed by atoms with E-state index in [0.29, 0.717) is 24.3 Å². The maximum atomic E-state index is 13.4. The molecule has 0 spiro atoms. The molecule has 6 heteroatoms. The summed E-state index contributed by atoms with van der Waals surface area (Å²) in [6.45, 7) is 9.11. The molecule has 1 N–H and O–H groups in total. The number of likely N-dealkylation sites (tertiary alicyclic amines) is 1. The van der Waals surface area contributed by atoms with Crippen LogP contribution in [0.15, 0.2) is 78.4 Å². The molecule has 0 aliphatic carbocycles. The van der Waals surface area contributed by atoms with Gasteiger partial charge < -0.3 is 14.7 Å². The summed E-state index contributed by atoms with van der Waals surface area (Å²) in [5.41, 5.74) is 3.08. The minimum absolute atomic E-state index is 0.0465. The Labute approximate surface area is 223 Å². The highest BCUT2D eigenvalue weighted by atomic mass is 19.1. The largest absolute Gasteiger partial charge is 0.507 e. The van der Waals surface area contributed by atoms with Gasteiger partial charge in [0.15, 0.2) is 0 Å². The lowest BCUT2D eigenvalue weighted by atomic mass is 9.85. The van der Waals surface area contributed by atoms with Crippen LogP contribution in [0.4, 0.5) is 4.39 Å². The molecule has 1 fully saturated rings. The van der Waals surface area contributed by atoms with Crippen molar-refractivity contribution in [1.82, 2.24) is 4.90 Å². The Balaban J connectivity index is 1.77. The minimum atomic E-state index is -0.760. The Kier molecular flexibility index (Phi) is 8.00. The fourth-order valence-corrected chi connectivity index (χ4v) is 4.63. The Morgan fingerprint density at radius 3 is 2.32 bits per heavy atom. The molecule has 4 rings (SSSR count). The summed E-state index contributed by atoms with van der Waals surface area (Å²) in [4.78, 5) is 28.2.